The number of carbonyl (C=O) groups is 1. The standard InChI is InChI=1S/C11H6ClF4NO3/c12-9-5-3-7(10(19)20-16)17(4-11(13,14)15)6(5)1-2-8(9)18/h1-3,18H,4H2. The van der Waals surface area contributed by atoms with Gasteiger partial charge in [-0.1, -0.05) is 11.6 Å². The number of halogens is 5. The Labute approximate surface area is 114 Å². The van der Waals surface area contributed by atoms with E-state index >= 15 is 0 Å². The summed E-state index contributed by atoms with van der Waals surface area (Å²) in [6, 6.07) is 3.13. The number of hydrogen-bond donors (Lipinski definition) is 1. The highest BCUT2D eigenvalue weighted by Crippen LogP contribution is 2.35. The molecule has 1 N–H and O–H groups in total. The molecule has 1 aromatic carbocycles. The van der Waals surface area contributed by atoms with Crippen LogP contribution in [0, 0.1) is 0 Å². The number of hydrogen-bond acceptors (Lipinski definition) is 3. The second kappa shape index (κ2) is 4.86. The smallest absolute Gasteiger partial charge is 0.406 e. The maximum Gasteiger partial charge on any atom is 0.406 e. The van der Waals surface area contributed by atoms with Gasteiger partial charge < -0.3 is 9.67 Å². The van der Waals surface area contributed by atoms with E-state index in [4.69, 9.17) is 11.6 Å². The van der Waals surface area contributed by atoms with Crippen molar-refractivity contribution in [1.82, 2.24) is 4.57 Å². The number of phenols is 1. The summed E-state index contributed by atoms with van der Waals surface area (Å²) in [7, 11) is 0. The average molecular weight is 312 g/mol. The molecule has 0 saturated heterocycles. The number of nitrogens with zero attached hydrogens (tertiary/aromatic N) is 1. The van der Waals surface area contributed by atoms with Crippen LogP contribution < -0.4 is 0 Å². The van der Waals surface area contributed by atoms with E-state index in [9.17, 15) is 27.6 Å². The quantitative estimate of drug-likeness (QED) is 0.862. The molecular weight excluding hydrogens is 306 g/mol. The fraction of sp³-hybridized carbons (Fsp3) is 0.182. The van der Waals surface area contributed by atoms with E-state index in [1.165, 1.54) is 0 Å². The van der Waals surface area contributed by atoms with E-state index in [1.807, 2.05) is 0 Å². The van der Waals surface area contributed by atoms with E-state index in [2.05, 4.69) is 4.94 Å². The van der Waals surface area contributed by atoms with Crippen LogP contribution in [-0.4, -0.2) is 21.8 Å². The van der Waals surface area contributed by atoms with E-state index in [-0.39, 0.29) is 21.7 Å². The van der Waals surface area contributed by atoms with Gasteiger partial charge in [0.15, 0.2) is 0 Å². The molecule has 0 aliphatic rings. The van der Waals surface area contributed by atoms with Crippen LogP contribution in [0.5, 0.6) is 5.75 Å². The monoisotopic (exact) mass is 311 g/mol. The lowest BCUT2D eigenvalue weighted by molar-refractivity contribution is -0.140. The Bertz CT molecular complexity index is 680. The zero-order chi connectivity index (χ0) is 15.1. The van der Waals surface area contributed by atoms with Crippen molar-refractivity contribution < 1.29 is 32.5 Å². The van der Waals surface area contributed by atoms with Gasteiger partial charge in [0.1, 0.15) is 18.0 Å². The molecule has 0 aliphatic carbocycles. The van der Waals surface area contributed by atoms with Crippen LogP contribution in [0.2, 0.25) is 5.02 Å². The first kappa shape index (κ1) is 14.4. The number of phenolic OH excluding ortho intramolecular Hbond substituents is 1. The number of benzene rings is 1. The fourth-order valence-electron chi connectivity index (χ4n) is 1.85. The SMILES string of the molecule is O=C(OF)c1cc2c(Cl)c(O)ccc2n1CC(F)(F)F. The minimum Gasteiger partial charge on any atom is -0.506 e. The summed E-state index contributed by atoms with van der Waals surface area (Å²) < 4.78 is 50.1. The zero-order valence-electron chi connectivity index (χ0n) is 9.54. The van der Waals surface area contributed by atoms with Gasteiger partial charge in [0.2, 0.25) is 0 Å². The number of aromatic hydroxyl groups is 1. The molecule has 0 aliphatic heterocycles. The van der Waals surface area contributed by atoms with Crippen molar-refractivity contribution in [2.45, 2.75) is 12.7 Å². The third-order valence-corrected chi connectivity index (χ3v) is 3.01. The van der Waals surface area contributed by atoms with Gasteiger partial charge in [0, 0.05) is 9.91 Å². The van der Waals surface area contributed by atoms with Gasteiger partial charge in [0.25, 0.3) is 0 Å². The van der Waals surface area contributed by atoms with Gasteiger partial charge in [-0.3, -0.25) is 0 Å². The van der Waals surface area contributed by atoms with Gasteiger partial charge in [0.05, 0.1) is 10.5 Å². The molecule has 1 heterocycles. The number of fused-ring (bicyclic) bond motifs is 1. The third kappa shape index (κ3) is 2.51. The zero-order valence-corrected chi connectivity index (χ0v) is 10.3. The molecule has 0 spiro atoms. The van der Waals surface area contributed by atoms with E-state index in [1.54, 1.807) is 0 Å². The molecule has 0 amide bonds. The minimum atomic E-state index is -4.64. The molecule has 0 radical (unpaired) electrons. The molecule has 0 bridgehead atoms. The molecule has 20 heavy (non-hydrogen) atoms. The first-order valence-corrected chi connectivity index (χ1v) is 5.53. The maximum atomic E-state index is 12.5. The maximum absolute atomic E-state index is 12.5. The number of aromatic nitrogens is 1. The van der Waals surface area contributed by atoms with Crippen molar-refractivity contribution in [3.05, 3.63) is 28.9 Å². The molecule has 2 aromatic rings. The summed E-state index contributed by atoms with van der Waals surface area (Å²) >= 11 is 5.74. The second-order valence-corrected chi connectivity index (χ2v) is 4.30. The molecule has 0 unspecified atom stereocenters. The summed E-state index contributed by atoms with van der Waals surface area (Å²) in [5.74, 6) is -1.95. The molecular formula is C11H6ClF4NO3. The Morgan fingerprint density at radius 3 is 2.60 bits per heavy atom. The lowest BCUT2D eigenvalue weighted by Crippen LogP contribution is -2.21. The van der Waals surface area contributed by atoms with Crippen LogP contribution in [0.4, 0.5) is 17.7 Å². The van der Waals surface area contributed by atoms with Gasteiger partial charge >= 0.3 is 12.1 Å². The van der Waals surface area contributed by atoms with Crippen molar-refractivity contribution in [3.63, 3.8) is 0 Å². The van der Waals surface area contributed by atoms with Crippen LogP contribution >= 0.6 is 11.6 Å². The normalized spacial score (nSPS) is 11.8. The van der Waals surface area contributed by atoms with Crippen LogP contribution in [0.15, 0.2) is 18.2 Å². The van der Waals surface area contributed by atoms with Gasteiger partial charge in [-0.2, -0.15) is 13.2 Å². The largest absolute Gasteiger partial charge is 0.506 e. The number of rotatable bonds is 2. The second-order valence-electron chi connectivity index (χ2n) is 3.93. The fourth-order valence-corrected chi connectivity index (χ4v) is 2.06. The first-order chi connectivity index (χ1) is 9.24. The lowest BCUT2D eigenvalue weighted by Gasteiger charge is -2.11. The highest BCUT2D eigenvalue weighted by Gasteiger charge is 2.32. The average Bonchev–Trinajstić information content (AvgIpc) is 2.70. The van der Waals surface area contributed by atoms with Gasteiger partial charge in [-0.15, -0.1) is 0 Å². The van der Waals surface area contributed by atoms with E-state index in [0.717, 1.165) is 18.2 Å². The van der Waals surface area contributed by atoms with Gasteiger partial charge in [-0.25, -0.2) is 9.74 Å². The van der Waals surface area contributed by atoms with E-state index in [0.29, 0.717) is 4.57 Å². The summed E-state index contributed by atoms with van der Waals surface area (Å²) in [5, 5.41) is 9.14. The lowest BCUT2D eigenvalue weighted by atomic mass is 10.2. The Morgan fingerprint density at radius 1 is 1.40 bits per heavy atom. The Morgan fingerprint density at radius 2 is 2.05 bits per heavy atom. The number of carbonyl (C=O) groups excluding carboxylic acids is 1. The molecule has 108 valence electrons. The summed E-state index contributed by atoms with van der Waals surface area (Å²) in [4.78, 5) is 14.2. The molecule has 4 nitrogen and oxygen atoms in total. The van der Waals surface area contributed by atoms with Crippen molar-refractivity contribution in [2.24, 2.45) is 0 Å². The molecule has 2 rings (SSSR count). The summed E-state index contributed by atoms with van der Waals surface area (Å²) in [6.07, 6.45) is -4.64. The van der Waals surface area contributed by atoms with Crippen LogP contribution in [0.25, 0.3) is 10.9 Å². The molecule has 0 fully saturated rings. The topological polar surface area (TPSA) is 51.5 Å². The van der Waals surface area contributed by atoms with Crippen molar-refractivity contribution in [1.29, 1.82) is 0 Å². The van der Waals surface area contributed by atoms with Crippen molar-refractivity contribution >= 4 is 28.5 Å². The first-order valence-electron chi connectivity index (χ1n) is 5.15. The summed E-state index contributed by atoms with van der Waals surface area (Å²) in [6.45, 7) is -1.53. The Hall–Kier alpha value is -1.96. The molecule has 1 aromatic heterocycles. The van der Waals surface area contributed by atoms with Crippen LogP contribution in [-0.2, 0) is 11.5 Å². The molecule has 9 heteroatoms. The third-order valence-electron chi connectivity index (χ3n) is 2.62. The van der Waals surface area contributed by atoms with E-state index < -0.39 is 24.4 Å². The highest BCUT2D eigenvalue weighted by atomic mass is 35.5. The van der Waals surface area contributed by atoms with Gasteiger partial charge in [-0.05, 0) is 18.2 Å². The van der Waals surface area contributed by atoms with Crippen LogP contribution in [0.3, 0.4) is 0 Å². The predicted molar refractivity (Wildman–Crippen MR) is 61.2 cm³/mol. The minimum absolute atomic E-state index is 0.0173. The Kier molecular flexibility index (Phi) is 3.51. The van der Waals surface area contributed by atoms with Crippen molar-refractivity contribution in [2.75, 3.05) is 0 Å². The highest BCUT2D eigenvalue weighted by molar-refractivity contribution is 6.37. The number of alkyl halides is 3. The van der Waals surface area contributed by atoms with Crippen molar-refractivity contribution in [3.8, 4) is 5.75 Å². The Balaban J connectivity index is 2.73. The molecule has 0 atom stereocenters. The van der Waals surface area contributed by atoms with Crippen LogP contribution in [0.1, 0.15) is 10.5 Å². The molecule has 0 saturated carbocycles. The summed E-state index contributed by atoms with van der Waals surface area (Å²) in [5.41, 5.74) is -0.738. The predicted octanol–water partition coefficient (Wildman–Crippen LogP) is 3.60.